The van der Waals surface area contributed by atoms with Gasteiger partial charge in [-0.3, -0.25) is 23.9 Å². The van der Waals surface area contributed by atoms with Crippen LogP contribution in [0.3, 0.4) is 0 Å². The number of amides is 2. The molecular formula is C42H54F3N3O9S. The van der Waals surface area contributed by atoms with Gasteiger partial charge in [-0.05, 0) is 101 Å². The number of sulfonamides is 1. The zero-order valence-electron chi connectivity index (χ0n) is 36.4. The van der Waals surface area contributed by atoms with Gasteiger partial charge in [0.25, 0.3) is 6.43 Å². The SMILES string of the molecule is [2H]C([2H])([2H])C1(S(=O)(=O)NC(=O)[C@]23CC(=O)[C@@H]4C[C@@H](Oc5nccc6cc(OC)c(F)cc56)CN4C(=O)[C@@H](CC(=O)OC(C)(C)C(F)F)[C@H](CC)C[C@H](C)CC/C=C\[C@@H]2C3)CC1. The predicted octanol–water partition coefficient (Wildman–Crippen LogP) is 6.69. The third kappa shape index (κ3) is 8.86. The maximum Gasteiger partial charge on any atom is 0.307 e. The van der Waals surface area contributed by atoms with Crippen molar-refractivity contribution in [3.05, 3.63) is 42.4 Å². The second-order valence-corrected chi connectivity index (χ2v) is 19.0. The average molecular weight is 837 g/mol. The normalized spacial score (nSPS) is 30.4. The summed E-state index contributed by atoms with van der Waals surface area (Å²) in [5.41, 5.74) is -3.73. The number of carbonyl (C=O) groups is 4. The van der Waals surface area contributed by atoms with E-state index in [0.29, 0.717) is 31.1 Å². The molecule has 58 heavy (non-hydrogen) atoms. The number of Topliss-reactive ketones (excluding diaryl/α,β-unsaturated/α-hetero) is 1. The Morgan fingerprint density at radius 3 is 2.59 bits per heavy atom. The summed E-state index contributed by atoms with van der Waals surface area (Å²) in [5.74, 6) is -6.14. The minimum Gasteiger partial charge on any atom is -0.494 e. The summed E-state index contributed by atoms with van der Waals surface area (Å²) in [6.45, 7) is 2.84. The minimum absolute atomic E-state index is 0.000820. The van der Waals surface area contributed by atoms with Gasteiger partial charge in [0.15, 0.2) is 23.0 Å². The molecule has 4 aliphatic rings. The summed E-state index contributed by atoms with van der Waals surface area (Å²) >= 11 is 0. The van der Waals surface area contributed by atoms with Crippen molar-refractivity contribution in [3.63, 3.8) is 0 Å². The average Bonchev–Trinajstić information content (AvgIpc) is 4.09. The van der Waals surface area contributed by atoms with Crippen LogP contribution in [0.4, 0.5) is 13.2 Å². The van der Waals surface area contributed by atoms with Crippen molar-refractivity contribution in [3.8, 4) is 11.6 Å². The molecule has 0 unspecified atom stereocenters. The van der Waals surface area contributed by atoms with Gasteiger partial charge in [-0.1, -0.05) is 32.4 Å². The van der Waals surface area contributed by atoms with Gasteiger partial charge in [-0.15, -0.1) is 0 Å². The highest BCUT2D eigenvalue weighted by Gasteiger charge is 2.63. The first-order valence-corrected chi connectivity index (χ1v) is 21.3. The van der Waals surface area contributed by atoms with Crippen molar-refractivity contribution >= 4 is 44.4 Å². The van der Waals surface area contributed by atoms with Crippen LogP contribution < -0.4 is 14.2 Å². The molecule has 0 spiro atoms. The summed E-state index contributed by atoms with van der Waals surface area (Å²) in [4.78, 5) is 62.9. The van der Waals surface area contributed by atoms with E-state index >= 15 is 4.79 Å². The fraction of sp³-hybridized carbons (Fsp3) is 0.643. The molecule has 2 aliphatic heterocycles. The topological polar surface area (TPSA) is 158 Å². The van der Waals surface area contributed by atoms with E-state index in [-0.39, 0.29) is 55.2 Å². The van der Waals surface area contributed by atoms with E-state index in [1.807, 2.05) is 24.6 Å². The number of ether oxygens (including phenoxy) is 3. The number of fused-ring (bicyclic) bond motifs is 3. The molecule has 0 radical (unpaired) electrons. The first kappa shape index (κ1) is 39.3. The van der Waals surface area contributed by atoms with Crippen molar-refractivity contribution in [2.45, 2.75) is 128 Å². The second kappa shape index (κ2) is 16.4. The van der Waals surface area contributed by atoms with E-state index in [0.717, 1.165) is 13.8 Å². The molecule has 2 amide bonds. The number of ketones is 1. The number of allylic oxidation sites excluding steroid dienone is 2. The predicted molar refractivity (Wildman–Crippen MR) is 208 cm³/mol. The lowest BCUT2D eigenvalue weighted by Crippen LogP contribution is -2.48. The molecule has 318 valence electrons. The number of hydrogen-bond acceptors (Lipinski definition) is 10. The summed E-state index contributed by atoms with van der Waals surface area (Å²) in [6.07, 6.45) is 1.69. The van der Waals surface area contributed by atoms with Crippen LogP contribution in [-0.2, 0) is 33.9 Å². The van der Waals surface area contributed by atoms with Crippen molar-refractivity contribution in [1.29, 1.82) is 0 Å². The van der Waals surface area contributed by atoms with Gasteiger partial charge in [0, 0.05) is 28.5 Å². The highest BCUT2D eigenvalue weighted by Crippen LogP contribution is 2.58. The monoisotopic (exact) mass is 836 g/mol. The number of aromatic nitrogens is 1. The Kier molecular flexibility index (Phi) is 11.1. The fourth-order valence-corrected chi connectivity index (χ4v) is 9.65. The minimum atomic E-state index is -4.71. The van der Waals surface area contributed by atoms with E-state index in [1.165, 1.54) is 30.3 Å². The second-order valence-electron chi connectivity index (χ2n) is 17.0. The Labute approximate surface area is 341 Å². The van der Waals surface area contributed by atoms with Crippen LogP contribution in [0.1, 0.15) is 103 Å². The number of methoxy groups -OCH3 is 1. The fourth-order valence-electron chi connectivity index (χ4n) is 8.37. The number of rotatable bonds is 11. The number of hydrogen-bond donors (Lipinski definition) is 1. The summed E-state index contributed by atoms with van der Waals surface area (Å²) in [6, 6.07) is 2.99. The number of nitrogens with one attached hydrogen (secondary N) is 1. The number of alkyl halides is 2. The molecule has 1 N–H and O–H groups in total. The molecule has 1 aromatic heterocycles. The number of benzene rings is 1. The lowest BCUT2D eigenvalue weighted by molar-refractivity contribution is -0.174. The van der Waals surface area contributed by atoms with E-state index in [9.17, 15) is 36.0 Å². The molecular weight excluding hydrogens is 780 g/mol. The maximum absolute atomic E-state index is 15.0. The van der Waals surface area contributed by atoms with Gasteiger partial charge in [-0.2, -0.15) is 0 Å². The number of halogens is 3. The quantitative estimate of drug-likeness (QED) is 0.191. The van der Waals surface area contributed by atoms with E-state index in [1.54, 1.807) is 12.1 Å². The van der Waals surface area contributed by atoms with Crippen LogP contribution in [0.25, 0.3) is 10.8 Å². The van der Waals surface area contributed by atoms with Gasteiger partial charge < -0.3 is 19.1 Å². The summed E-state index contributed by atoms with van der Waals surface area (Å²) in [7, 11) is -3.39. The number of carbonyl (C=O) groups excluding carboxylic acids is 4. The molecule has 3 heterocycles. The highest BCUT2D eigenvalue weighted by molar-refractivity contribution is 7.91. The van der Waals surface area contributed by atoms with Gasteiger partial charge in [0.1, 0.15) is 6.10 Å². The van der Waals surface area contributed by atoms with E-state index in [2.05, 4.69) is 4.98 Å². The Hall–Kier alpha value is -4.21. The third-order valence-corrected chi connectivity index (χ3v) is 14.2. The molecule has 12 nitrogen and oxygen atoms in total. The Morgan fingerprint density at radius 2 is 1.93 bits per heavy atom. The molecule has 1 aromatic carbocycles. The molecule has 16 heteroatoms. The highest BCUT2D eigenvalue weighted by atomic mass is 32.2. The lowest BCUT2D eigenvalue weighted by atomic mass is 9.79. The molecule has 3 fully saturated rings. The van der Waals surface area contributed by atoms with Gasteiger partial charge in [0.2, 0.25) is 27.7 Å². The van der Waals surface area contributed by atoms with Crippen LogP contribution in [0.5, 0.6) is 11.6 Å². The van der Waals surface area contributed by atoms with Gasteiger partial charge in [-0.25, -0.2) is 26.6 Å². The standard InChI is InChI=1S/C42H54F3N3O9S/c1-7-25-16-24(2)10-8-9-11-27-21-42(27,39(52)47-58(53,54)41(5)13-14-41)22-33(49)32-18-28(56-36-29-19-31(43)34(55-6)17-26(29)12-15-46-36)23-48(32)37(51)30(25)20-35(50)57-40(3,4)38(44)45/h9,11-12,15,17,19,24-25,27-28,30,32,38H,7-8,10,13-14,16,18,20-23H2,1-6H3,(H,47,52)/b11-9-/t24-,25-,27-,28-,30+,32+,42-/m1/s1/i5D3. The Morgan fingerprint density at radius 1 is 1.19 bits per heavy atom. The van der Waals surface area contributed by atoms with Gasteiger partial charge >= 0.3 is 5.97 Å². The van der Waals surface area contributed by atoms with Crippen LogP contribution in [-0.4, -0.2) is 84.4 Å². The van der Waals surface area contributed by atoms with Crippen molar-refractivity contribution in [2.24, 2.45) is 29.1 Å². The van der Waals surface area contributed by atoms with Crippen LogP contribution in [0.15, 0.2) is 36.5 Å². The smallest absolute Gasteiger partial charge is 0.307 e. The van der Waals surface area contributed by atoms with Gasteiger partial charge in [0.05, 0.1) is 42.2 Å². The number of nitrogens with zero attached hydrogens (tertiary/aromatic N) is 2. The summed E-state index contributed by atoms with van der Waals surface area (Å²) in [5, 5.41) is 0.802. The molecule has 0 bridgehead atoms. The summed E-state index contributed by atoms with van der Waals surface area (Å²) < 4.78 is 110. The zero-order chi connectivity index (χ0) is 44.9. The first-order chi connectivity index (χ1) is 28.5. The molecule has 7 atom stereocenters. The van der Waals surface area contributed by atoms with Crippen LogP contribution >= 0.6 is 0 Å². The Balaban J connectivity index is 1.38. The van der Waals surface area contributed by atoms with E-state index < -0.39 is 111 Å². The van der Waals surface area contributed by atoms with Crippen LogP contribution in [0, 0.1) is 34.9 Å². The zero-order valence-corrected chi connectivity index (χ0v) is 34.2. The number of esters is 1. The first-order valence-electron chi connectivity index (χ1n) is 21.3. The van der Waals surface area contributed by atoms with Crippen molar-refractivity contribution in [1.82, 2.24) is 14.6 Å². The Bertz CT molecular complexity index is 2190. The number of pyridine rings is 1. The van der Waals surface area contributed by atoms with E-state index in [4.69, 9.17) is 18.3 Å². The molecule has 2 aromatic rings. The molecule has 2 aliphatic carbocycles. The largest absolute Gasteiger partial charge is 0.494 e. The molecule has 6 rings (SSSR count). The third-order valence-electron chi connectivity index (χ3n) is 12.3. The van der Waals surface area contributed by atoms with Crippen molar-refractivity contribution < 1.29 is 59.1 Å². The maximum atomic E-state index is 15.0. The van der Waals surface area contributed by atoms with Crippen LogP contribution in [0.2, 0.25) is 0 Å². The molecule has 1 saturated heterocycles. The molecule has 2 saturated carbocycles. The van der Waals surface area contributed by atoms with Crippen molar-refractivity contribution in [2.75, 3.05) is 13.7 Å². The lowest BCUT2D eigenvalue weighted by Gasteiger charge is -2.34.